The minimum absolute atomic E-state index is 0.504. The zero-order valence-corrected chi connectivity index (χ0v) is 14.2. The van der Waals surface area contributed by atoms with Crippen molar-refractivity contribution >= 4 is 28.4 Å². The largest absolute Gasteiger partial charge is 0.481 e. The molecule has 3 heterocycles. The molecule has 0 radical (unpaired) electrons. The standard InChI is InChI=1S/C17H14ClN5O/c1-9-4-5-12(18)11(8-9)16-19-10(2)15-22-21-13-6-7-14(24-3)20-17(13)23(15)16/h4-8H,1-3H3. The van der Waals surface area contributed by atoms with Crippen molar-refractivity contribution in [2.75, 3.05) is 7.11 Å². The molecule has 6 nitrogen and oxygen atoms in total. The van der Waals surface area contributed by atoms with Crippen molar-refractivity contribution in [2.45, 2.75) is 13.8 Å². The molecule has 0 amide bonds. The molecule has 0 spiro atoms. The molecule has 0 aliphatic rings. The SMILES string of the molecule is COc1ccc2nnc3c(C)nc(-c4cc(C)ccc4Cl)n3c2n1. The highest BCUT2D eigenvalue weighted by molar-refractivity contribution is 6.33. The van der Waals surface area contributed by atoms with Gasteiger partial charge in [-0.15, -0.1) is 10.2 Å². The molecule has 0 unspecified atom stereocenters. The van der Waals surface area contributed by atoms with Gasteiger partial charge in [0.2, 0.25) is 5.88 Å². The van der Waals surface area contributed by atoms with Crippen molar-refractivity contribution in [1.82, 2.24) is 24.6 Å². The smallest absolute Gasteiger partial charge is 0.215 e. The van der Waals surface area contributed by atoms with Crippen LogP contribution in [0.15, 0.2) is 30.3 Å². The van der Waals surface area contributed by atoms with Crippen molar-refractivity contribution in [3.63, 3.8) is 0 Å². The fourth-order valence-corrected chi connectivity index (χ4v) is 2.91. The minimum atomic E-state index is 0.504. The lowest BCUT2D eigenvalue weighted by molar-refractivity contribution is 0.399. The summed E-state index contributed by atoms with van der Waals surface area (Å²) in [6, 6.07) is 9.42. The third kappa shape index (κ3) is 2.18. The van der Waals surface area contributed by atoms with E-state index in [4.69, 9.17) is 16.3 Å². The van der Waals surface area contributed by atoms with E-state index in [0.717, 1.165) is 16.8 Å². The Kier molecular flexibility index (Phi) is 3.35. The number of nitrogens with zero attached hydrogens (tertiary/aromatic N) is 5. The molecule has 7 heteroatoms. The summed E-state index contributed by atoms with van der Waals surface area (Å²) in [5, 5.41) is 9.15. The zero-order chi connectivity index (χ0) is 16.8. The lowest BCUT2D eigenvalue weighted by Gasteiger charge is -2.07. The van der Waals surface area contributed by atoms with Crippen LogP contribution in [0.4, 0.5) is 0 Å². The predicted molar refractivity (Wildman–Crippen MR) is 92.6 cm³/mol. The number of ether oxygens (including phenoxy) is 1. The maximum atomic E-state index is 6.42. The van der Waals surface area contributed by atoms with E-state index in [0.29, 0.717) is 33.5 Å². The second-order valence-corrected chi connectivity index (χ2v) is 5.97. The summed E-state index contributed by atoms with van der Waals surface area (Å²) in [6.45, 7) is 3.91. The van der Waals surface area contributed by atoms with Gasteiger partial charge in [0, 0.05) is 11.6 Å². The summed E-state index contributed by atoms with van der Waals surface area (Å²) >= 11 is 6.42. The summed E-state index contributed by atoms with van der Waals surface area (Å²) in [7, 11) is 1.58. The molecule has 0 aliphatic carbocycles. The lowest BCUT2D eigenvalue weighted by Crippen LogP contribution is -2.01. The second kappa shape index (κ2) is 5.42. The van der Waals surface area contributed by atoms with Crippen LogP contribution in [0.2, 0.25) is 5.02 Å². The Bertz CT molecular complexity index is 1090. The number of halogens is 1. The number of hydrogen-bond acceptors (Lipinski definition) is 5. The molecule has 0 N–H and O–H groups in total. The quantitative estimate of drug-likeness (QED) is 0.558. The highest BCUT2D eigenvalue weighted by Crippen LogP contribution is 2.31. The Morgan fingerprint density at radius 3 is 2.62 bits per heavy atom. The number of aryl methyl sites for hydroxylation is 2. The highest BCUT2D eigenvalue weighted by Gasteiger charge is 2.18. The Balaban J connectivity index is 2.16. The van der Waals surface area contributed by atoms with Crippen molar-refractivity contribution < 1.29 is 4.74 Å². The predicted octanol–water partition coefficient (Wildman–Crippen LogP) is 3.62. The lowest BCUT2D eigenvalue weighted by atomic mass is 10.1. The number of rotatable bonds is 2. The topological polar surface area (TPSA) is 65.2 Å². The van der Waals surface area contributed by atoms with Gasteiger partial charge in [0.25, 0.3) is 0 Å². The average Bonchev–Trinajstić information content (AvgIpc) is 2.93. The number of benzene rings is 1. The second-order valence-electron chi connectivity index (χ2n) is 5.56. The van der Waals surface area contributed by atoms with E-state index < -0.39 is 0 Å². The maximum Gasteiger partial charge on any atom is 0.215 e. The van der Waals surface area contributed by atoms with Crippen molar-refractivity contribution in [3.05, 3.63) is 46.6 Å². The van der Waals surface area contributed by atoms with Crippen LogP contribution in [0.25, 0.3) is 28.2 Å². The van der Waals surface area contributed by atoms with Crippen LogP contribution in [-0.2, 0) is 0 Å². The van der Waals surface area contributed by atoms with E-state index in [1.165, 1.54) is 0 Å². The average molecular weight is 340 g/mol. The van der Waals surface area contributed by atoms with E-state index >= 15 is 0 Å². The number of imidazole rings is 1. The fourth-order valence-electron chi connectivity index (χ4n) is 2.71. The van der Waals surface area contributed by atoms with Crippen LogP contribution in [-0.4, -0.2) is 31.7 Å². The van der Waals surface area contributed by atoms with Crippen LogP contribution < -0.4 is 4.74 Å². The van der Waals surface area contributed by atoms with Crippen molar-refractivity contribution in [1.29, 1.82) is 0 Å². The van der Waals surface area contributed by atoms with E-state index in [1.807, 2.05) is 42.5 Å². The molecular formula is C17H14ClN5O. The van der Waals surface area contributed by atoms with Gasteiger partial charge in [0.15, 0.2) is 11.3 Å². The van der Waals surface area contributed by atoms with E-state index in [-0.39, 0.29) is 0 Å². The van der Waals surface area contributed by atoms with E-state index in [2.05, 4.69) is 20.2 Å². The molecule has 0 fully saturated rings. The van der Waals surface area contributed by atoms with Crippen molar-refractivity contribution in [2.24, 2.45) is 0 Å². The van der Waals surface area contributed by atoms with Crippen LogP contribution in [0.3, 0.4) is 0 Å². The van der Waals surface area contributed by atoms with Gasteiger partial charge in [-0.3, -0.25) is 4.40 Å². The van der Waals surface area contributed by atoms with Gasteiger partial charge < -0.3 is 4.74 Å². The van der Waals surface area contributed by atoms with Gasteiger partial charge in [-0.05, 0) is 32.0 Å². The first-order chi connectivity index (χ1) is 11.6. The number of methoxy groups -OCH3 is 1. The molecule has 3 aromatic heterocycles. The molecule has 0 saturated carbocycles. The molecule has 0 bridgehead atoms. The Labute approximate surface area is 143 Å². The first-order valence-electron chi connectivity index (χ1n) is 7.41. The summed E-state index contributed by atoms with van der Waals surface area (Å²) in [5.74, 6) is 1.20. The van der Waals surface area contributed by atoms with E-state index in [9.17, 15) is 0 Å². The molecule has 0 aliphatic heterocycles. The van der Waals surface area contributed by atoms with Crippen LogP contribution in [0.1, 0.15) is 11.3 Å². The number of fused-ring (bicyclic) bond motifs is 3. The molecule has 24 heavy (non-hydrogen) atoms. The number of pyridine rings is 1. The van der Waals surface area contributed by atoms with Crippen LogP contribution in [0.5, 0.6) is 5.88 Å². The van der Waals surface area contributed by atoms with Crippen LogP contribution in [0, 0.1) is 13.8 Å². The summed E-state index contributed by atoms with van der Waals surface area (Å²) in [5.41, 5.74) is 4.63. The maximum absolute atomic E-state index is 6.42. The first-order valence-corrected chi connectivity index (χ1v) is 7.79. The Morgan fingerprint density at radius 2 is 1.83 bits per heavy atom. The van der Waals surface area contributed by atoms with Crippen molar-refractivity contribution in [3.8, 4) is 17.3 Å². The first kappa shape index (κ1) is 14.8. The summed E-state index contributed by atoms with van der Waals surface area (Å²) in [6.07, 6.45) is 0. The number of aromatic nitrogens is 5. The van der Waals surface area contributed by atoms with Gasteiger partial charge in [0.1, 0.15) is 11.3 Å². The molecule has 0 atom stereocenters. The van der Waals surface area contributed by atoms with E-state index in [1.54, 1.807) is 13.2 Å². The van der Waals surface area contributed by atoms with Gasteiger partial charge in [0.05, 0.1) is 17.8 Å². The summed E-state index contributed by atoms with van der Waals surface area (Å²) < 4.78 is 7.12. The van der Waals surface area contributed by atoms with Gasteiger partial charge >= 0.3 is 0 Å². The molecule has 0 saturated heterocycles. The Morgan fingerprint density at radius 1 is 1.00 bits per heavy atom. The summed E-state index contributed by atoms with van der Waals surface area (Å²) in [4.78, 5) is 9.19. The molecule has 1 aromatic carbocycles. The minimum Gasteiger partial charge on any atom is -0.481 e. The zero-order valence-electron chi connectivity index (χ0n) is 13.4. The van der Waals surface area contributed by atoms with Gasteiger partial charge in [-0.25, -0.2) is 4.98 Å². The normalized spacial score (nSPS) is 11.3. The van der Waals surface area contributed by atoms with Crippen LogP contribution >= 0.6 is 11.6 Å². The monoisotopic (exact) mass is 339 g/mol. The van der Waals surface area contributed by atoms with Gasteiger partial charge in [-0.1, -0.05) is 23.2 Å². The fraction of sp³-hybridized carbons (Fsp3) is 0.176. The molecule has 120 valence electrons. The van der Waals surface area contributed by atoms with Gasteiger partial charge in [-0.2, -0.15) is 4.98 Å². The third-order valence-corrected chi connectivity index (χ3v) is 4.22. The Hall–Kier alpha value is -2.73. The third-order valence-electron chi connectivity index (χ3n) is 3.89. The highest BCUT2D eigenvalue weighted by atomic mass is 35.5. The molecule has 4 aromatic rings. The molecular weight excluding hydrogens is 326 g/mol. The molecule has 4 rings (SSSR count). The number of hydrogen-bond donors (Lipinski definition) is 0.